The van der Waals surface area contributed by atoms with Gasteiger partial charge in [-0.25, -0.2) is 0 Å². The smallest absolute Gasteiger partial charge is 0.388 e. The average molecular weight is 338 g/mol. The first-order valence-electron chi connectivity index (χ1n) is 7.02. The van der Waals surface area contributed by atoms with Crippen LogP contribution in [0.2, 0.25) is 10.0 Å². The summed E-state index contributed by atoms with van der Waals surface area (Å²) in [6.07, 6.45) is 1.02. The first-order valence-corrected chi connectivity index (χ1v) is 7.78. The zero-order valence-corrected chi connectivity index (χ0v) is 13.8. The summed E-state index contributed by atoms with van der Waals surface area (Å²) in [7, 11) is 0. The maximum absolute atomic E-state index is 5.98. The Labute approximate surface area is 140 Å². The van der Waals surface area contributed by atoms with Crippen molar-refractivity contribution < 1.29 is 9.47 Å². The molecule has 0 aliphatic heterocycles. The molecule has 0 saturated heterocycles. The molecule has 116 valence electrons. The first-order chi connectivity index (χ1) is 10.7. The highest BCUT2D eigenvalue weighted by Crippen LogP contribution is 2.26. The Morgan fingerprint density at radius 2 is 1.77 bits per heavy atom. The zero-order chi connectivity index (χ0) is 15.8. The number of halogens is 2. The number of aliphatic imine (C=N–C) groups is 1. The molecule has 0 saturated carbocycles. The van der Waals surface area contributed by atoms with Gasteiger partial charge in [-0.1, -0.05) is 53.5 Å². The minimum atomic E-state index is 0.233. The van der Waals surface area contributed by atoms with Crippen LogP contribution >= 0.6 is 23.2 Å². The third kappa shape index (κ3) is 5.24. The lowest BCUT2D eigenvalue weighted by Gasteiger charge is -2.09. The molecule has 0 aliphatic carbocycles. The van der Waals surface area contributed by atoms with Crippen molar-refractivity contribution in [3.05, 3.63) is 64.1 Å². The molecular weight excluding hydrogens is 321 g/mol. The Hall–Kier alpha value is -1.71. The van der Waals surface area contributed by atoms with Crippen molar-refractivity contribution in [3.63, 3.8) is 0 Å². The van der Waals surface area contributed by atoms with E-state index in [1.807, 2.05) is 25.1 Å². The molecule has 5 heteroatoms. The lowest BCUT2D eigenvalue weighted by atomic mass is 10.2. The van der Waals surface area contributed by atoms with Crippen LogP contribution in [0.5, 0.6) is 0 Å². The lowest BCUT2D eigenvalue weighted by Crippen LogP contribution is -2.11. The maximum atomic E-state index is 5.98. The molecule has 2 aromatic rings. The van der Waals surface area contributed by atoms with Crippen LogP contribution in [-0.4, -0.2) is 19.3 Å². The van der Waals surface area contributed by atoms with Gasteiger partial charge in [0.05, 0.1) is 28.9 Å². The molecule has 0 fully saturated rings. The molecule has 0 spiro atoms. The minimum Gasteiger partial charge on any atom is -0.451 e. The van der Waals surface area contributed by atoms with Crippen molar-refractivity contribution in [2.45, 2.75) is 13.3 Å². The van der Waals surface area contributed by atoms with Crippen LogP contribution in [0.1, 0.15) is 12.5 Å². The first kappa shape index (κ1) is 16.7. The van der Waals surface area contributed by atoms with Gasteiger partial charge in [0, 0.05) is 6.42 Å². The van der Waals surface area contributed by atoms with Crippen LogP contribution in [0.25, 0.3) is 0 Å². The summed E-state index contributed by atoms with van der Waals surface area (Å²) in [5.41, 5.74) is 1.84. The third-order valence-electron chi connectivity index (χ3n) is 2.85. The predicted octanol–water partition coefficient (Wildman–Crippen LogP) is 5.28. The highest BCUT2D eigenvalue weighted by molar-refractivity contribution is 6.42. The van der Waals surface area contributed by atoms with E-state index in [0.717, 1.165) is 6.42 Å². The Morgan fingerprint density at radius 1 is 1.00 bits per heavy atom. The molecule has 0 heterocycles. The molecule has 0 amide bonds. The van der Waals surface area contributed by atoms with Gasteiger partial charge >= 0.3 is 6.08 Å². The Kier molecular flexibility index (Phi) is 6.56. The van der Waals surface area contributed by atoms with Crippen molar-refractivity contribution in [1.29, 1.82) is 0 Å². The van der Waals surface area contributed by atoms with E-state index in [2.05, 4.69) is 17.1 Å². The fraction of sp³-hybridized carbons (Fsp3) is 0.235. The molecule has 2 rings (SSSR count). The minimum absolute atomic E-state index is 0.233. The quantitative estimate of drug-likeness (QED) is 0.549. The molecule has 0 bridgehead atoms. The molecule has 0 unspecified atom stereocenters. The Morgan fingerprint density at radius 3 is 2.45 bits per heavy atom. The van der Waals surface area contributed by atoms with E-state index in [1.54, 1.807) is 18.2 Å². The van der Waals surface area contributed by atoms with Gasteiger partial charge in [0.25, 0.3) is 0 Å². The van der Waals surface area contributed by atoms with Crippen LogP contribution in [-0.2, 0) is 15.9 Å². The number of hydrogen-bond acceptors (Lipinski definition) is 3. The lowest BCUT2D eigenvalue weighted by molar-refractivity contribution is 0.175. The molecular formula is C17H17Cl2NO2. The summed E-state index contributed by atoms with van der Waals surface area (Å²) in [4.78, 5) is 4.31. The van der Waals surface area contributed by atoms with Crippen LogP contribution in [0, 0.1) is 0 Å². The van der Waals surface area contributed by atoms with Gasteiger partial charge in [-0.15, -0.1) is 0 Å². The molecule has 0 aliphatic rings. The number of ether oxygens (including phenoxy) is 2. The fourth-order valence-electron chi connectivity index (χ4n) is 1.79. The second kappa shape index (κ2) is 8.66. The highest BCUT2D eigenvalue weighted by Gasteiger charge is 2.04. The van der Waals surface area contributed by atoms with Gasteiger partial charge in [-0.2, -0.15) is 4.99 Å². The predicted molar refractivity (Wildman–Crippen MR) is 91.3 cm³/mol. The van der Waals surface area contributed by atoms with Crippen LogP contribution < -0.4 is 0 Å². The van der Waals surface area contributed by atoms with Crippen molar-refractivity contribution in [2.75, 3.05) is 13.2 Å². The van der Waals surface area contributed by atoms with Gasteiger partial charge in [0.1, 0.15) is 0 Å². The maximum Gasteiger partial charge on any atom is 0.388 e. The summed E-state index contributed by atoms with van der Waals surface area (Å²) >= 11 is 11.9. The molecule has 22 heavy (non-hydrogen) atoms. The second-order valence-corrected chi connectivity index (χ2v) is 5.31. The van der Waals surface area contributed by atoms with E-state index >= 15 is 0 Å². The van der Waals surface area contributed by atoms with E-state index in [9.17, 15) is 0 Å². The number of hydrogen-bond donors (Lipinski definition) is 0. The Bertz CT molecular complexity index is 630. The summed E-state index contributed by atoms with van der Waals surface area (Å²) < 4.78 is 11.0. The average Bonchev–Trinajstić information content (AvgIpc) is 2.52. The number of nitrogens with zero attached hydrogens (tertiary/aromatic N) is 1. The number of rotatable bonds is 5. The molecule has 0 radical (unpaired) electrons. The largest absolute Gasteiger partial charge is 0.451 e. The van der Waals surface area contributed by atoms with E-state index in [4.69, 9.17) is 32.7 Å². The summed E-state index contributed by atoms with van der Waals surface area (Å²) in [6.45, 7) is 2.85. The zero-order valence-electron chi connectivity index (χ0n) is 12.3. The van der Waals surface area contributed by atoms with E-state index < -0.39 is 0 Å². The van der Waals surface area contributed by atoms with E-state index in [-0.39, 0.29) is 6.08 Å². The topological polar surface area (TPSA) is 30.8 Å². The number of benzene rings is 2. The molecule has 0 N–H and O–H groups in total. The van der Waals surface area contributed by atoms with Crippen LogP contribution in [0.3, 0.4) is 0 Å². The van der Waals surface area contributed by atoms with Crippen LogP contribution in [0.4, 0.5) is 5.69 Å². The SMILES string of the molecule is CCOC(=Nc1ccc(Cl)c(Cl)c1)OCCc1ccccc1. The van der Waals surface area contributed by atoms with Gasteiger partial charge in [-0.05, 0) is 30.7 Å². The normalized spacial score (nSPS) is 11.3. The Balaban J connectivity index is 1.99. The second-order valence-electron chi connectivity index (χ2n) is 4.49. The van der Waals surface area contributed by atoms with Gasteiger partial charge < -0.3 is 9.47 Å². The van der Waals surface area contributed by atoms with Gasteiger partial charge in [0.15, 0.2) is 0 Å². The van der Waals surface area contributed by atoms with Crippen molar-refractivity contribution in [3.8, 4) is 0 Å². The van der Waals surface area contributed by atoms with Gasteiger partial charge in [-0.3, -0.25) is 0 Å². The third-order valence-corrected chi connectivity index (χ3v) is 3.59. The summed E-state index contributed by atoms with van der Waals surface area (Å²) in [6, 6.07) is 15.2. The van der Waals surface area contributed by atoms with Crippen molar-refractivity contribution in [1.82, 2.24) is 0 Å². The summed E-state index contributed by atoms with van der Waals surface area (Å²) in [5.74, 6) is 0. The van der Waals surface area contributed by atoms with E-state index in [1.165, 1.54) is 5.56 Å². The fourth-order valence-corrected chi connectivity index (χ4v) is 2.08. The van der Waals surface area contributed by atoms with E-state index in [0.29, 0.717) is 28.9 Å². The van der Waals surface area contributed by atoms with Crippen LogP contribution in [0.15, 0.2) is 53.5 Å². The standard InChI is InChI=1S/C17H17Cl2NO2/c1-2-21-17(20-14-8-9-15(18)16(19)12-14)22-11-10-13-6-4-3-5-7-13/h3-9,12H,2,10-11H2,1H3. The van der Waals surface area contributed by atoms with Crippen molar-refractivity contribution >= 4 is 35.0 Å². The monoisotopic (exact) mass is 337 g/mol. The summed E-state index contributed by atoms with van der Waals surface area (Å²) in [5, 5.41) is 0.937. The van der Waals surface area contributed by atoms with Crippen molar-refractivity contribution in [2.24, 2.45) is 4.99 Å². The molecule has 0 aromatic heterocycles. The van der Waals surface area contributed by atoms with Gasteiger partial charge in [0.2, 0.25) is 0 Å². The molecule has 3 nitrogen and oxygen atoms in total. The molecule has 2 aromatic carbocycles. The highest BCUT2D eigenvalue weighted by atomic mass is 35.5. The molecule has 0 atom stereocenters.